The lowest BCUT2D eigenvalue weighted by Crippen LogP contribution is -2.61. The predicted octanol–water partition coefficient (Wildman–Crippen LogP) is 10.4. The van der Waals surface area contributed by atoms with Crippen LogP contribution in [0.25, 0.3) is 0 Å². The van der Waals surface area contributed by atoms with E-state index >= 15 is 0 Å². The first-order chi connectivity index (χ1) is 15.2. The second kappa shape index (κ2) is 7.63. The number of hydrogen-bond acceptors (Lipinski definition) is 0. The van der Waals surface area contributed by atoms with E-state index in [2.05, 4.69) is 103 Å². The monoisotopic (exact) mass is 468 g/mol. The lowest BCUT2D eigenvalue weighted by Gasteiger charge is -2.66. The van der Waals surface area contributed by atoms with Gasteiger partial charge in [-0.2, -0.15) is 0 Å². The van der Waals surface area contributed by atoms with Crippen molar-refractivity contribution in [2.24, 2.45) is 73.9 Å². The highest BCUT2D eigenvalue weighted by molar-refractivity contribution is 5.30. The molecule has 0 nitrogen and oxygen atoms in total. The van der Waals surface area contributed by atoms with Gasteiger partial charge in [0, 0.05) is 0 Å². The molecule has 0 heterocycles. The summed E-state index contributed by atoms with van der Waals surface area (Å²) in [7, 11) is 0. The zero-order valence-corrected chi connectivity index (χ0v) is 25.7. The van der Waals surface area contributed by atoms with Crippen molar-refractivity contribution in [3.05, 3.63) is 11.6 Å². The van der Waals surface area contributed by atoms with Crippen LogP contribution in [0.5, 0.6) is 0 Å². The summed E-state index contributed by atoms with van der Waals surface area (Å²) in [6.07, 6.45) is 9.85. The van der Waals surface area contributed by atoms with Crippen molar-refractivity contribution in [2.75, 3.05) is 0 Å². The average Bonchev–Trinajstić information content (AvgIpc) is 3.00. The minimum absolute atomic E-state index is 0.257. The normalized spacial score (nSPS) is 50.8. The topological polar surface area (TPSA) is 0 Å². The highest BCUT2D eigenvalue weighted by Crippen LogP contribution is 2.82. The number of rotatable bonds is 3. The van der Waals surface area contributed by atoms with Crippen LogP contribution < -0.4 is 0 Å². The van der Waals surface area contributed by atoms with Gasteiger partial charge in [0.1, 0.15) is 0 Å². The summed E-state index contributed by atoms with van der Waals surface area (Å²) in [5, 5.41) is 0. The fourth-order valence-corrected chi connectivity index (χ4v) is 11.7. The van der Waals surface area contributed by atoms with Crippen molar-refractivity contribution < 1.29 is 0 Å². The Bertz CT molecular complexity index is 829. The summed E-state index contributed by atoms with van der Waals surface area (Å²) in [6, 6.07) is 0. The minimum Gasteiger partial charge on any atom is -0.0816 e. The smallest absolute Gasteiger partial charge is 0.0156 e. The molecular formula is C34H60. The maximum absolute atomic E-state index is 2.80. The fourth-order valence-electron chi connectivity index (χ4n) is 11.7. The van der Waals surface area contributed by atoms with Crippen LogP contribution in [0.15, 0.2) is 11.6 Å². The summed E-state index contributed by atoms with van der Waals surface area (Å²) in [5.41, 5.74) is 3.89. The second-order valence-corrected chi connectivity index (χ2v) is 17.3. The minimum atomic E-state index is 0.257. The number of fused-ring (bicyclic) bond motifs is 1. The maximum atomic E-state index is 2.80. The van der Waals surface area contributed by atoms with Gasteiger partial charge < -0.3 is 0 Å². The van der Waals surface area contributed by atoms with Gasteiger partial charge in [0.2, 0.25) is 0 Å². The lowest BCUT2D eigenvalue weighted by molar-refractivity contribution is -0.188. The molecule has 0 aromatic rings. The van der Waals surface area contributed by atoms with E-state index in [1.54, 1.807) is 0 Å². The molecule has 0 aliphatic heterocycles. The first kappa shape index (κ1) is 26.8. The Hall–Kier alpha value is -0.260. The van der Waals surface area contributed by atoms with E-state index in [0.29, 0.717) is 22.2 Å². The quantitative estimate of drug-likeness (QED) is 0.361. The van der Waals surface area contributed by atoms with E-state index in [0.717, 1.165) is 35.5 Å². The zero-order valence-electron chi connectivity index (χ0n) is 25.7. The molecule has 0 N–H and O–H groups in total. The molecule has 10 atom stereocenters. The van der Waals surface area contributed by atoms with Crippen LogP contribution in [0.3, 0.4) is 0 Å². The van der Waals surface area contributed by atoms with Crippen LogP contribution in [0.2, 0.25) is 0 Å². The molecule has 3 fully saturated rings. The molecule has 0 saturated heterocycles. The Kier molecular flexibility index (Phi) is 6.01. The number of allylic oxidation sites excluding steroid dienone is 2. The number of hydrogen-bond donors (Lipinski definition) is 0. The SMILES string of the molecule is CC1CC(C)C2=CC(C)C(C3(C)CC(C)C(CC4CC4(C)C)(C(C)(C)C)C3(C)C(C)(C)C)C2C1. The standard InChI is InChI=1S/C34H60/c1-21-15-22(2)26-17-23(3)28(27(26)16-21)32(13)18-24(4)34(30(8,9)10,20-25-19-31(25,11)12)33(32,14)29(5,6)7/h17,21-25,27-28H,15-16,18-20H2,1-14H3. The Morgan fingerprint density at radius 3 is 1.85 bits per heavy atom. The molecular weight excluding hydrogens is 408 g/mol. The molecule has 0 heteroatoms. The third-order valence-corrected chi connectivity index (χ3v) is 13.3. The largest absolute Gasteiger partial charge is 0.0816 e. The van der Waals surface area contributed by atoms with Gasteiger partial charge in [-0.1, -0.05) is 109 Å². The Balaban J connectivity index is 1.90. The molecule has 0 bridgehead atoms. The van der Waals surface area contributed by atoms with E-state index in [1.165, 1.54) is 32.1 Å². The molecule has 0 amide bonds. The van der Waals surface area contributed by atoms with Crippen LogP contribution in [0.1, 0.15) is 129 Å². The highest BCUT2D eigenvalue weighted by Gasteiger charge is 2.76. The van der Waals surface area contributed by atoms with Crippen molar-refractivity contribution in [1.82, 2.24) is 0 Å². The summed E-state index contributed by atoms with van der Waals surface area (Å²) < 4.78 is 0. The molecule has 0 aromatic heterocycles. The van der Waals surface area contributed by atoms with Gasteiger partial charge in [-0.05, 0) is 106 Å². The van der Waals surface area contributed by atoms with Crippen molar-refractivity contribution >= 4 is 0 Å². The van der Waals surface area contributed by atoms with E-state index in [1.807, 2.05) is 5.57 Å². The van der Waals surface area contributed by atoms with Gasteiger partial charge in [0.05, 0.1) is 0 Å². The zero-order chi connectivity index (χ0) is 25.9. The van der Waals surface area contributed by atoms with Crippen LogP contribution in [-0.4, -0.2) is 0 Å². The molecule has 4 rings (SSSR count). The third-order valence-electron chi connectivity index (χ3n) is 13.3. The molecule has 0 aromatic carbocycles. The lowest BCUT2D eigenvalue weighted by atomic mass is 9.38. The van der Waals surface area contributed by atoms with Gasteiger partial charge in [-0.25, -0.2) is 0 Å². The van der Waals surface area contributed by atoms with Gasteiger partial charge in [-0.15, -0.1) is 0 Å². The van der Waals surface area contributed by atoms with Crippen molar-refractivity contribution in [1.29, 1.82) is 0 Å². The molecule has 3 saturated carbocycles. The van der Waals surface area contributed by atoms with Crippen LogP contribution in [0, 0.1) is 73.9 Å². The molecule has 196 valence electrons. The maximum Gasteiger partial charge on any atom is -0.0156 e. The second-order valence-electron chi connectivity index (χ2n) is 17.3. The van der Waals surface area contributed by atoms with E-state index in [-0.39, 0.29) is 16.2 Å². The summed E-state index contributed by atoms with van der Waals surface area (Å²) in [6.45, 7) is 36.7. The van der Waals surface area contributed by atoms with Crippen molar-refractivity contribution in [3.63, 3.8) is 0 Å². The van der Waals surface area contributed by atoms with E-state index in [4.69, 9.17) is 0 Å². The average molecular weight is 469 g/mol. The summed E-state index contributed by atoms with van der Waals surface area (Å²) >= 11 is 0. The van der Waals surface area contributed by atoms with Gasteiger partial charge in [0.25, 0.3) is 0 Å². The highest BCUT2D eigenvalue weighted by atomic mass is 14.8. The summed E-state index contributed by atoms with van der Waals surface area (Å²) in [4.78, 5) is 0. The first-order valence-corrected chi connectivity index (χ1v) is 15.0. The van der Waals surface area contributed by atoms with E-state index in [9.17, 15) is 0 Å². The van der Waals surface area contributed by atoms with Gasteiger partial charge in [0.15, 0.2) is 0 Å². The third kappa shape index (κ3) is 3.34. The Morgan fingerprint density at radius 2 is 1.38 bits per heavy atom. The first-order valence-electron chi connectivity index (χ1n) is 15.0. The van der Waals surface area contributed by atoms with Gasteiger partial charge >= 0.3 is 0 Å². The van der Waals surface area contributed by atoms with Crippen molar-refractivity contribution in [3.8, 4) is 0 Å². The molecule has 0 radical (unpaired) electrons. The molecule has 4 aliphatic rings. The van der Waals surface area contributed by atoms with Gasteiger partial charge in [-0.3, -0.25) is 0 Å². The predicted molar refractivity (Wildman–Crippen MR) is 150 cm³/mol. The summed E-state index contributed by atoms with van der Waals surface area (Å²) in [5.74, 6) is 5.60. The Labute approximate surface area is 214 Å². The molecule has 4 aliphatic carbocycles. The molecule has 34 heavy (non-hydrogen) atoms. The molecule has 0 spiro atoms. The van der Waals surface area contributed by atoms with Crippen LogP contribution in [-0.2, 0) is 0 Å². The van der Waals surface area contributed by atoms with Crippen LogP contribution in [0.4, 0.5) is 0 Å². The van der Waals surface area contributed by atoms with Crippen molar-refractivity contribution in [2.45, 2.75) is 129 Å². The Morgan fingerprint density at radius 1 is 0.824 bits per heavy atom. The molecule has 10 unspecified atom stereocenters. The fraction of sp³-hybridized carbons (Fsp3) is 0.941. The van der Waals surface area contributed by atoms with E-state index < -0.39 is 0 Å². The van der Waals surface area contributed by atoms with Crippen LogP contribution >= 0.6 is 0 Å².